The zero-order valence-electron chi connectivity index (χ0n) is 17.8. The van der Waals surface area contributed by atoms with Gasteiger partial charge in [-0.25, -0.2) is 0 Å². The van der Waals surface area contributed by atoms with Gasteiger partial charge in [-0.3, -0.25) is 0 Å². The van der Waals surface area contributed by atoms with Crippen LogP contribution in [0.5, 0.6) is 11.5 Å². The molecule has 2 aromatic carbocycles. The number of phenolic OH excluding ortho intramolecular Hbond substituents is 1. The van der Waals surface area contributed by atoms with Gasteiger partial charge in [-0.2, -0.15) is 4.98 Å². The minimum absolute atomic E-state index is 0.153. The number of hydrogen-bond donors (Lipinski definition) is 1. The number of aromatic hydroxyl groups is 1. The molecule has 0 atom stereocenters. The van der Waals surface area contributed by atoms with Gasteiger partial charge in [0.2, 0.25) is 0 Å². The number of ether oxygens (including phenoxy) is 1. The molecule has 0 amide bonds. The van der Waals surface area contributed by atoms with Crippen molar-refractivity contribution in [2.24, 2.45) is 0 Å². The molecule has 1 aliphatic heterocycles. The smallest absolute Gasteiger partial charge is 0.261 e. The van der Waals surface area contributed by atoms with Crippen LogP contribution in [0.4, 0.5) is 0 Å². The van der Waals surface area contributed by atoms with Crippen LogP contribution in [0, 0.1) is 13.8 Å². The molecule has 29 heavy (non-hydrogen) atoms. The first-order valence-electron chi connectivity index (χ1n) is 10.3. The molecule has 0 saturated heterocycles. The lowest BCUT2D eigenvalue weighted by molar-refractivity contribution is 0.105. The van der Waals surface area contributed by atoms with E-state index in [0.717, 1.165) is 47.9 Å². The molecule has 1 N–H and O–H groups in total. The van der Waals surface area contributed by atoms with Crippen molar-refractivity contribution in [3.63, 3.8) is 0 Å². The Labute approximate surface area is 171 Å². The lowest BCUT2D eigenvalue weighted by Crippen LogP contribution is -2.29. The molecule has 1 aromatic heterocycles. The van der Waals surface area contributed by atoms with E-state index in [1.165, 1.54) is 0 Å². The van der Waals surface area contributed by atoms with Crippen molar-refractivity contribution in [3.8, 4) is 34.1 Å². The van der Waals surface area contributed by atoms with Gasteiger partial charge in [-0.05, 0) is 57.7 Å². The Bertz CT molecular complexity index is 1070. The van der Waals surface area contributed by atoms with Gasteiger partial charge >= 0.3 is 0 Å². The van der Waals surface area contributed by atoms with Gasteiger partial charge in [-0.1, -0.05) is 48.7 Å². The summed E-state index contributed by atoms with van der Waals surface area (Å²) in [6.07, 6.45) is 4.08. The van der Waals surface area contributed by atoms with Crippen LogP contribution in [0.1, 0.15) is 62.5 Å². The predicted octanol–water partition coefficient (Wildman–Crippen LogP) is 6.09. The van der Waals surface area contributed by atoms with Crippen molar-refractivity contribution < 1.29 is 14.4 Å². The lowest BCUT2D eigenvalue weighted by atomic mass is 9.83. The molecule has 5 heteroatoms. The van der Waals surface area contributed by atoms with Crippen molar-refractivity contribution >= 4 is 0 Å². The third-order valence-corrected chi connectivity index (χ3v) is 5.60. The number of aryl methyl sites for hydroxylation is 3. The first kappa shape index (κ1) is 19.5. The summed E-state index contributed by atoms with van der Waals surface area (Å²) in [7, 11) is 0. The molecule has 3 aromatic rings. The molecule has 0 radical (unpaired) electrons. The number of aromatic nitrogens is 2. The average molecular weight is 392 g/mol. The third kappa shape index (κ3) is 3.39. The second-order valence-corrected chi connectivity index (χ2v) is 8.40. The highest BCUT2D eigenvalue weighted by molar-refractivity contribution is 5.89. The van der Waals surface area contributed by atoms with Crippen LogP contribution in [0.25, 0.3) is 22.6 Å². The Morgan fingerprint density at radius 2 is 1.86 bits per heavy atom. The fourth-order valence-corrected chi connectivity index (χ4v) is 4.16. The summed E-state index contributed by atoms with van der Waals surface area (Å²) in [6, 6.07) is 8.32. The summed E-state index contributed by atoms with van der Waals surface area (Å²) < 4.78 is 11.8. The van der Waals surface area contributed by atoms with Crippen molar-refractivity contribution in [1.29, 1.82) is 0 Å². The van der Waals surface area contributed by atoms with E-state index in [9.17, 15) is 5.11 Å². The topological polar surface area (TPSA) is 68.4 Å². The fraction of sp³-hybridized carbons (Fsp3) is 0.417. The van der Waals surface area contributed by atoms with E-state index in [-0.39, 0.29) is 5.75 Å². The van der Waals surface area contributed by atoms with Crippen LogP contribution >= 0.6 is 0 Å². The minimum Gasteiger partial charge on any atom is -0.506 e. The summed E-state index contributed by atoms with van der Waals surface area (Å²) in [4.78, 5) is 4.40. The Morgan fingerprint density at radius 3 is 2.55 bits per heavy atom. The molecular formula is C24H28N2O3. The van der Waals surface area contributed by atoms with Gasteiger partial charge in [-0.15, -0.1) is 0 Å². The maximum absolute atomic E-state index is 11.4. The third-order valence-electron chi connectivity index (χ3n) is 5.60. The summed E-state index contributed by atoms with van der Waals surface area (Å²) in [6.45, 7) is 10.1. The Hall–Kier alpha value is -2.82. The highest BCUT2D eigenvalue weighted by Gasteiger charge is 2.36. The number of rotatable bonds is 5. The molecule has 0 spiro atoms. The highest BCUT2D eigenvalue weighted by atomic mass is 16.5. The molecule has 0 saturated carbocycles. The quantitative estimate of drug-likeness (QED) is 0.532. The van der Waals surface area contributed by atoms with E-state index in [1.807, 2.05) is 6.07 Å². The molecule has 0 bridgehead atoms. The second-order valence-electron chi connectivity index (χ2n) is 8.40. The monoisotopic (exact) mass is 392 g/mol. The molecule has 0 aliphatic carbocycles. The van der Waals surface area contributed by atoms with Crippen molar-refractivity contribution in [3.05, 3.63) is 46.8 Å². The van der Waals surface area contributed by atoms with E-state index in [2.05, 4.69) is 56.0 Å². The van der Waals surface area contributed by atoms with Crippen LogP contribution < -0.4 is 4.74 Å². The zero-order valence-corrected chi connectivity index (χ0v) is 17.8. The molecule has 0 fully saturated rings. The van der Waals surface area contributed by atoms with Crippen molar-refractivity contribution in [1.82, 2.24) is 10.1 Å². The molecule has 152 valence electrons. The maximum atomic E-state index is 11.4. The first-order chi connectivity index (χ1) is 13.8. The van der Waals surface area contributed by atoms with Crippen molar-refractivity contribution in [2.75, 3.05) is 0 Å². The van der Waals surface area contributed by atoms with Crippen LogP contribution in [0.15, 0.2) is 28.8 Å². The Balaban J connectivity index is 1.97. The van der Waals surface area contributed by atoms with Gasteiger partial charge in [0.25, 0.3) is 5.89 Å². The number of nitrogens with zero attached hydrogens (tertiary/aromatic N) is 2. The molecule has 1 aliphatic rings. The fourth-order valence-electron chi connectivity index (χ4n) is 4.16. The average Bonchev–Trinajstić information content (AvgIpc) is 3.06. The van der Waals surface area contributed by atoms with Gasteiger partial charge in [0.05, 0.1) is 11.1 Å². The van der Waals surface area contributed by atoms with Gasteiger partial charge in [0.15, 0.2) is 5.82 Å². The lowest BCUT2D eigenvalue weighted by Gasteiger charge is -2.36. The van der Waals surface area contributed by atoms with Gasteiger partial charge < -0.3 is 14.4 Å². The summed E-state index contributed by atoms with van der Waals surface area (Å²) in [5.41, 5.74) is 5.00. The first-order valence-corrected chi connectivity index (χ1v) is 10.3. The Morgan fingerprint density at radius 1 is 1.07 bits per heavy atom. The minimum atomic E-state index is -0.480. The van der Waals surface area contributed by atoms with Crippen molar-refractivity contribution in [2.45, 2.75) is 65.9 Å². The van der Waals surface area contributed by atoms with E-state index < -0.39 is 5.60 Å². The van der Waals surface area contributed by atoms with E-state index in [0.29, 0.717) is 28.6 Å². The van der Waals surface area contributed by atoms with Crippen LogP contribution in [-0.4, -0.2) is 15.2 Å². The summed E-state index contributed by atoms with van der Waals surface area (Å²) in [5, 5.41) is 15.4. The normalized spacial score (nSPS) is 14.2. The van der Waals surface area contributed by atoms with E-state index in [1.54, 1.807) is 6.92 Å². The number of fused-ring (bicyclic) bond motifs is 3. The SMILES string of the molecule is CCCCCc1cc2c(c(O)c1-c1nc(C)no1)-c1cc(C)ccc1C(C)(C)O2. The Kier molecular flexibility index (Phi) is 4.85. The van der Waals surface area contributed by atoms with Crippen LogP contribution in [-0.2, 0) is 12.0 Å². The summed E-state index contributed by atoms with van der Waals surface area (Å²) in [5.74, 6) is 1.76. The molecule has 5 nitrogen and oxygen atoms in total. The second kappa shape index (κ2) is 7.21. The molecule has 2 heterocycles. The maximum Gasteiger partial charge on any atom is 0.261 e. The number of phenols is 1. The molecule has 4 rings (SSSR count). The highest BCUT2D eigenvalue weighted by Crippen LogP contribution is 2.53. The molecule has 0 unspecified atom stereocenters. The van der Waals surface area contributed by atoms with Crippen LogP contribution in [0.3, 0.4) is 0 Å². The van der Waals surface area contributed by atoms with E-state index in [4.69, 9.17) is 9.26 Å². The van der Waals surface area contributed by atoms with E-state index >= 15 is 0 Å². The molecular weight excluding hydrogens is 364 g/mol. The number of benzene rings is 2. The predicted molar refractivity (Wildman–Crippen MR) is 113 cm³/mol. The number of unbranched alkanes of at least 4 members (excludes halogenated alkanes) is 2. The summed E-state index contributed by atoms with van der Waals surface area (Å²) >= 11 is 0. The van der Waals surface area contributed by atoms with Crippen LogP contribution in [0.2, 0.25) is 0 Å². The van der Waals surface area contributed by atoms with Gasteiger partial charge in [0, 0.05) is 5.56 Å². The largest absolute Gasteiger partial charge is 0.506 e. The van der Waals surface area contributed by atoms with Gasteiger partial charge in [0.1, 0.15) is 17.1 Å². The number of hydrogen-bond acceptors (Lipinski definition) is 5. The standard InChI is InChI=1S/C24H28N2O3/c1-6-7-8-9-16-13-19-21(22(27)20(16)23-25-15(3)26-29-23)17-12-14(2)10-11-18(17)24(4,5)28-19/h10-13,27H,6-9H2,1-5H3. The zero-order chi connectivity index (χ0) is 20.8.